The fourth-order valence-electron chi connectivity index (χ4n) is 6.49. The molecular formula is C36H45F3N8O4S. The monoisotopic (exact) mass is 742 g/mol. The fraction of sp³-hybridized carbons (Fsp3) is 0.472. The third kappa shape index (κ3) is 9.64. The highest BCUT2D eigenvalue weighted by atomic mass is 32.2. The molecule has 0 unspecified atom stereocenters. The molecule has 1 aliphatic carbocycles. The van der Waals surface area contributed by atoms with Gasteiger partial charge in [0.1, 0.15) is 22.8 Å². The van der Waals surface area contributed by atoms with E-state index in [0.29, 0.717) is 75.3 Å². The van der Waals surface area contributed by atoms with E-state index >= 15 is 13.2 Å². The van der Waals surface area contributed by atoms with Crippen molar-refractivity contribution in [2.24, 2.45) is 22.7 Å². The van der Waals surface area contributed by atoms with Crippen LogP contribution >= 0.6 is 11.9 Å². The Bertz CT molecular complexity index is 1700. The highest BCUT2D eigenvalue weighted by molar-refractivity contribution is 8.01. The highest BCUT2D eigenvalue weighted by Gasteiger charge is 2.44. The fourth-order valence-corrected chi connectivity index (χ4v) is 6.73. The van der Waals surface area contributed by atoms with E-state index in [1.54, 1.807) is 17.9 Å². The number of carbonyl (C=O) groups excluding carboxylic acids is 4. The number of piperazine rings is 1. The van der Waals surface area contributed by atoms with Crippen molar-refractivity contribution in [1.82, 2.24) is 20.4 Å². The largest absolute Gasteiger partial charge is 0.403 e. The number of amides is 4. The van der Waals surface area contributed by atoms with E-state index in [9.17, 15) is 19.2 Å². The lowest BCUT2D eigenvalue weighted by molar-refractivity contribution is -0.149. The van der Waals surface area contributed by atoms with Gasteiger partial charge in [-0.15, -0.1) is 0 Å². The second-order valence-electron chi connectivity index (χ2n) is 13.5. The van der Waals surface area contributed by atoms with Gasteiger partial charge in [-0.25, -0.2) is 4.39 Å². The number of hydrogen-bond donors (Lipinski definition) is 5. The van der Waals surface area contributed by atoms with Gasteiger partial charge >= 0.3 is 5.92 Å². The molecular weight excluding hydrogens is 698 g/mol. The second-order valence-corrected chi connectivity index (χ2v) is 14.2. The molecule has 2 aromatic carbocycles. The van der Waals surface area contributed by atoms with Crippen LogP contribution in [0.4, 0.5) is 18.9 Å². The molecule has 2 aliphatic rings. The Morgan fingerprint density at radius 1 is 1.04 bits per heavy atom. The molecule has 4 amide bonds. The van der Waals surface area contributed by atoms with Gasteiger partial charge in [0.25, 0.3) is 11.8 Å². The summed E-state index contributed by atoms with van der Waals surface area (Å²) in [4.78, 5) is 57.1. The van der Waals surface area contributed by atoms with Crippen molar-refractivity contribution in [1.29, 1.82) is 5.26 Å². The summed E-state index contributed by atoms with van der Waals surface area (Å²) in [6, 6.07) is 7.63. The van der Waals surface area contributed by atoms with Crippen LogP contribution in [0, 0.1) is 29.0 Å². The maximum Gasteiger partial charge on any atom is 0.349 e. The summed E-state index contributed by atoms with van der Waals surface area (Å²) in [6.07, 6.45) is 3.40. The molecule has 0 aromatic heterocycles. The number of likely N-dealkylation sites (N-methyl/N-ethyl adjacent to an activating group) is 1. The lowest BCUT2D eigenvalue weighted by Crippen LogP contribution is -2.55. The minimum absolute atomic E-state index is 0.0184. The van der Waals surface area contributed by atoms with Gasteiger partial charge in [0.15, 0.2) is 0 Å². The van der Waals surface area contributed by atoms with Crippen molar-refractivity contribution in [3.63, 3.8) is 0 Å². The van der Waals surface area contributed by atoms with Gasteiger partial charge in [-0.2, -0.15) is 14.0 Å². The van der Waals surface area contributed by atoms with E-state index in [1.165, 1.54) is 24.3 Å². The first-order valence-electron chi connectivity index (χ1n) is 17.1. The number of nitrogens with one attached hydrogen (secondary N) is 3. The van der Waals surface area contributed by atoms with Gasteiger partial charge in [0.2, 0.25) is 11.8 Å². The molecule has 1 aliphatic heterocycles. The Labute approximate surface area is 305 Å². The standard InChI is InChI=1S/C36H45F3N8O4S/c1-21-7-9-24(10-8-21)31(45-35(51)36(38,39)26-6-4-5-23(17-26)19-40)33(49)43-28-12-11-25(18-27(28)37)22(2)30(44-32(48)29(20-41)52-42)34(50)47-15-13-46(3)14-16-47/h4-6,11-12,17-18,20-22,24,30-31H,7-10,13-16,41-42H2,1-3H3,(H,43,49)(H,44,48)(H,45,51)/b29-20-/t21?,22-,24?,30+,31-/m0/s1. The Morgan fingerprint density at radius 2 is 1.71 bits per heavy atom. The summed E-state index contributed by atoms with van der Waals surface area (Å²) in [7, 11) is 1.93. The number of nitriles is 1. The van der Waals surface area contributed by atoms with Crippen molar-refractivity contribution in [2.45, 2.75) is 63.5 Å². The second kappa shape index (κ2) is 17.8. The first kappa shape index (κ1) is 40.2. The molecule has 0 radical (unpaired) electrons. The molecule has 3 atom stereocenters. The molecule has 1 saturated carbocycles. The number of anilines is 1. The van der Waals surface area contributed by atoms with Crippen LogP contribution in [0.25, 0.3) is 0 Å². The van der Waals surface area contributed by atoms with Crippen LogP contribution in [0.2, 0.25) is 0 Å². The SMILES string of the molecule is CC1CCC([C@H](NC(=O)C(F)(F)c2cccc(C#N)c2)C(=O)Nc2ccc([C@H](C)[C@@H](NC(=O)/C(=C/N)SN)C(=O)N3CCN(C)CC3)cc2F)CC1. The predicted octanol–water partition coefficient (Wildman–Crippen LogP) is 3.51. The molecule has 16 heteroatoms. The number of rotatable bonds is 12. The molecule has 2 aromatic rings. The number of nitrogens with two attached hydrogens (primary N) is 2. The molecule has 280 valence electrons. The molecule has 0 bridgehead atoms. The van der Waals surface area contributed by atoms with Crippen molar-refractivity contribution in [3.8, 4) is 6.07 Å². The van der Waals surface area contributed by atoms with Crippen molar-refractivity contribution >= 4 is 41.3 Å². The Morgan fingerprint density at radius 3 is 2.31 bits per heavy atom. The first-order valence-corrected chi connectivity index (χ1v) is 17.9. The van der Waals surface area contributed by atoms with E-state index < -0.39 is 58.9 Å². The summed E-state index contributed by atoms with van der Waals surface area (Å²) in [6.45, 7) is 5.80. The highest BCUT2D eigenvalue weighted by Crippen LogP contribution is 2.34. The summed E-state index contributed by atoms with van der Waals surface area (Å²) in [5.41, 5.74) is 4.84. The average molecular weight is 743 g/mol. The molecule has 2 fully saturated rings. The van der Waals surface area contributed by atoms with Crippen LogP contribution in [0.3, 0.4) is 0 Å². The third-order valence-electron chi connectivity index (χ3n) is 9.89. The van der Waals surface area contributed by atoms with Crippen molar-refractivity contribution in [3.05, 3.63) is 76.1 Å². The summed E-state index contributed by atoms with van der Waals surface area (Å²) in [5.74, 6) is -9.47. The van der Waals surface area contributed by atoms with E-state index in [4.69, 9.17) is 16.1 Å². The lowest BCUT2D eigenvalue weighted by atomic mass is 9.79. The van der Waals surface area contributed by atoms with Crippen LogP contribution in [0.1, 0.15) is 62.1 Å². The van der Waals surface area contributed by atoms with Crippen molar-refractivity contribution < 1.29 is 32.3 Å². The molecule has 52 heavy (non-hydrogen) atoms. The zero-order chi connectivity index (χ0) is 38.2. The van der Waals surface area contributed by atoms with Gasteiger partial charge in [-0.05, 0) is 73.5 Å². The molecule has 1 saturated heterocycles. The predicted molar refractivity (Wildman–Crippen MR) is 192 cm³/mol. The molecule has 7 N–H and O–H groups in total. The lowest BCUT2D eigenvalue weighted by Gasteiger charge is -2.36. The van der Waals surface area contributed by atoms with Gasteiger partial charge in [-0.3, -0.25) is 24.3 Å². The summed E-state index contributed by atoms with van der Waals surface area (Å²) in [5, 5.41) is 22.1. The molecule has 4 rings (SSSR count). The van der Waals surface area contributed by atoms with Crippen LogP contribution in [0.5, 0.6) is 0 Å². The van der Waals surface area contributed by atoms with Gasteiger partial charge < -0.3 is 31.5 Å². The summed E-state index contributed by atoms with van der Waals surface area (Å²) < 4.78 is 46.5. The number of nitrogens with zero attached hydrogens (tertiary/aromatic N) is 3. The topological polar surface area (TPSA) is 187 Å². The molecule has 0 spiro atoms. The van der Waals surface area contributed by atoms with E-state index in [-0.39, 0.29) is 22.1 Å². The van der Waals surface area contributed by atoms with Crippen molar-refractivity contribution in [2.75, 3.05) is 38.5 Å². The molecule has 12 nitrogen and oxygen atoms in total. The maximum absolute atomic E-state index is 15.8. The maximum atomic E-state index is 15.8. The van der Waals surface area contributed by atoms with Crippen LogP contribution in [0.15, 0.2) is 53.6 Å². The Hall–Kier alpha value is -4.59. The number of alkyl halides is 2. The quantitative estimate of drug-likeness (QED) is 0.160. The smallest absolute Gasteiger partial charge is 0.349 e. The van der Waals surface area contributed by atoms with E-state index in [1.807, 2.05) is 14.0 Å². The normalized spacial score (nSPS) is 20.2. The van der Waals surface area contributed by atoms with Gasteiger partial charge in [0, 0.05) is 43.9 Å². The van der Waals surface area contributed by atoms with E-state index in [2.05, 4.69) is 20.9 Å². The minimum Gasteiger partial charge on any atom is -0.403 e. The first-order chi connectivity index (χ1) is 24.7. The van der Waals surface area contributed by atoms with Gasteiger partial charge in [0.05, 0.1) is 17.3 Å². The number of hydrogen-bond acceptors (Lipinski definition) is 9. The van der Waals surface area contributed by atoms with Gasteiger partial charge in [-0.1, -0.05) is 44.9 Å². The van der Waals surface area contributed by atoms with Crippen LogP contribution < -0.4 is 26.8 Å². The zero-order valence-corrected chi connectivity index (χ0v) is 30.2. The number of halogens is 3. The van der Waals surface area contributed by atoms with Crippen LogP contribution in [-0.2, 0) is 25.1 Å². The Kier molecular flexibility index (Phi) is 13.7. The van der Waals surface area contributed by atoms with E-state index in [0.717, 1.165) is 24.4 Å². The number of benzene rings is 2. The Balaban J connectivity index is 1.57. The van der Waals surface area contributed by atoms with Crippen LogP contribution in [-0.4, -0.2) is 78.7 Å². The summed E-state index contributed by atoms with van der Waals surface area (Å²) >= 11 is 0.616. The zero-order valence-electron chi connectivity index (χ0n) is 29.3. The average Bonchev–Trinajstić information content (AvgIpc) is 3.14. The third-order valence-corrected chi connectivity index (χ3v) is 10.5. The molecule has 1 heterocycles. The number of carbonyl (C=O) groups is 4. The minimum atomic E-state index is -4.06.